The van der Waals surface area contributed by atoms with Crippen molar-refractivity contribution < 1.29 is 9.18 Å². The molecular formula is C15H9Br2ClFN3OS. The molecule has 1 N–H and O–H groups in total. The molecule has 1 amide bonds. The number of hydrogen-bond acceptors (Lipinski definition) is 3. The Bertz CT molecular complexity index is 889. The molecule has 0 aliphatic heterocycles. The molecule has 24 heavy (non-hydrogen) atoms. The first-order valence-electron chi connectivity index (χ1n) is 6.63. The molecule has 0 saturated heterocycles. The van der Waals surface area contributed by atoms with Crippen molar-refractivity contribution in [3.05, 3.63) is 66.2 Å². The molecule has 9 heteroatoms. The Labute approximate surface area is 162 Å². The van der Waals surface area contributed by atoms with Crippen LogP contribution in [0.25, 0.3) is 0 Å². The lowest BCUT2D eigenvalue weighted by Gasteiger charge is -2.09. The predicted molar refractivity (Wildman–Crippen MR) is 100 cm³/mol. The number of aromatic nitrogens is 2. The minimum atomic E-state index is -0.400. The van der Waals surface area contributed by atoms with Gasteiger partial charge in [-0.15, -0.1) is 11.3 Å². The largest absolute Gasteiger partial charge is 0.319 e. The van der Waals surface area contributed by atoms with Crippen LogP contribution in [0, 0.1) is 5.82 Å². The molecule has 0 spiro atoms. The molecule has 2 aromatic heterocycles. The van der Waals surface area contributed by atoms with Crippen LogP contribution >= 0.6 is 54.8 Å². The summed E-state index contributed by atoms with van der Waals surface area (Å²) in [5, 5.41) is 9.33. The van der Waals surface area contributed by atoms with Gasteiger partial charge in [0.2, 0.25) is 0 Å². The van der Waals surface area contributed by atoms with E-state index >= 15 is 0 Å². The van der Waals surface area contributed by atoms with Crippen molar-refractivity contribution in [2.24, 2.45) is 0 Å². The molecule has 0 radical (unpaired) electrons. The summed E-state index contributed by atoms with van der Waals surface area (Å²) in [6, 6.07) is 4.38. The zero-order valence-electron chi connectivity index (χ0n) is 11.9. The zero-order chi connectivity index (χ0) is 17.3. The third kappa shape index (κ3) is 4.05. The molecule has 3 rings (SSSR count). The number of thiophene rings is 1. The minimum Gasteiger partial charge on any atom is -0.319 e. The smallest absolute Gasteiger partial charge is 0.265 e. The monoisotopic (exact) mass is 491 g/mol. The first kappa shape index (κ1) is 17.6. The summed E-state index contributed by atoms with van der Waals surface area (Å²) < 4.78 is 15.9. The fraction of sp³-hybridized carbons (Fsp3) is 0.0667. The molecule has 0 fully saturated rings. The van der Waals surface area contributed by atoms with E-state index in [1.54, 1.807) is 23.1 Å². The molecule has 124 valence electrons. The Morgan fingerprint density at radius 3 is 2.67 bits per heavy atom. The number of carbonyl (C=O) groups excluding carboxylic acids is 1. The second-order valence-electron chi connectivity index (χ2n) is 4.87. The van der Waals surface area contributed by atoms with Crippen LogP contribution in [0.2, 0.25) is 5.02 Å². The number of rotatable bonds is 4. The summed E-state index contributed by atoms with van der Waals surface area (Å²) in [7, 11) is 0. The highest BCUT2D eigenvalue weighted by Gasteiger charge is 2.14. The third-order valence-corrected chi connectivity index (χ3v) is 5.49. The standard InChI is InChI=1S/C15H9Br2ClFN3OS/c16-11-2-10(19)3-12(17)14(11)21-15(23)13-1-8(7-24-13)5-22-6-9(18)4-20-22/h1-4,6-7H,5H2,(H,21,23). The van der Waals surface area contributed by atoms with Crippen LogP contribution in [0.1, 0.15) is 15.2 Å². The Morgan fingerprint density at radius 1 is 1.33 bits per heavy atom. The van der Waals surface area contributed by atoms with Crippen molar-refractivity contribution in [1.29, 1.82) is 0 Å². The van der Waals surface area contributed by atoms with Crippen LogP contribution < -0.4 is 5.32 Å². The van der Waals surface area contributed by atoms with Crippen LogP contribution in [-0.2, 0) is 6.54 Å². The molecule has 0 unspecified atom stereocenters. The topological polar surface area (TPSA) is 46.9 Å². The Balaban J connectivity index is 1.74. The lowest BCUT2D eigenvalue weighted by molar-refractivity contribution is 0.103. The summed E-state index contributed by atoms with van der Waals surface area (Å²) in [5.41, 5.74) is 1.43. The molecule has 2 heterocycles. The van der Waals surface area contributed by atoms with Crippen molar-refractivity contribution in [2.45, 2.75) is 6.54 Å². The first-order chi connectivity index (χ1) is 11.4. The van der Waals surface area contributed by atoms with Gasteiger partial charge < -0.3 is 5.32 Å². The highest BCUT2D eigenvalue weighted by molar-refractivity contribution is 9.11. The molecule has 3 aromatic rings. The summed E-state index contributed by atoms with van der Waals surface area (Å²) in [4.78, 5) is 12.9. The minimum absolute atomic E-state index is 0.266. The van der Waals surface area contributed by atoms with E-state index in [1.807, 2.05) is 5.38 Å². The summed E-state index contributed by atoms with van der Waals surface area (Å²) in [6.07, 6.45) is 3.27. The van der Waals surface area contributed by atoms with Gasteiger partial charge in [-0.1, -0.05) is 11.6 Å². The molecule has 0 saturated carbocycles. The number of anilines is 1. The Hall–Kier alpha value is -1.22. The van der Waals surface area contributed by atoms with E-state index in [0.717, 1.165) is 5.56 Å². The molecule has 0 aliphatic rings. The lowest BCUT2D eigenvalue weighted by atomic mass is 10.3. The third-order valence-electron chi connectivity index (χ3n) is 3.07. The molecule has 0 aliphatic carbocycles. The average Bonchev–Trinajstić information content (AvgIpc) is 3.12. The molecule has 0 bridgehead atoms. The van der Waals surface area contributed by atoms with E-state index < -0.39 is 5.82 Å². The number of hydrogen-bond donors (Lipinski definition) is 1. The zero-order valence-corrected chi connectivity index (χ0v) is 16.6. The lowest BCUT2D eigenvalue weighted by Crippen LogP contribution is -2.11. The normalized spacial score (nSPS) is 10.8. The number of amides is 1. The molecule has 1 aromatic carbocycles. The van der Waals surface area contributed by atoms with Crippen LogP contribution in [0.3, 0.4) is 0 Å². The van der Waals surface area contributed by atoms with E-state index in [4.69, 9.17) is 11.6 Å². The number of carbonyl (C=O) groups is 1. The van der Waals surface area contributed by atoms with Gasteiger partial charge in [-0.05, 0) is 61.0 Å². The molecule has 0 atom stereocenters. The second-order valence-corrected chi connectivity index (χ2v) is 7.93. The van der Waals surface area contributed by atoms with Gasteiger partial charge in [0.05, 0.1) is 28.3 Å². The average molecular weight is 494 g/mol. The summed E-state index contributed by atoms with van der Waals surface area (Å²) in [5.74, 6) is -0.666. The van der Waals surface area contributed by atoms with Gasteiger partial charge in [0.25, 0.3) is 5.91 Å². The van der Waals surface area contributed by atoms with Crippen molar-refractivity contribution in [3.63, 3.8) is 0 Å². The van der Waals surface area contributed by atoms with Crippen LogP contribution in [0.15, 0.2) is 44.9 Å². The second kappa shape index (κ2) is 7.35. The van der Waals surface area contributed by atoms with E-state index in [0.29, 0.717) is 31.1 Å². The van der Waals surface area contributed by atoms with Crippen LogP contribution in [-0.4, -0.2) is 15.7 Å². The van der Waals surface area contributed by atoms with Crippen molar-refractivity contribution in [2.75, 3.05) is 5.32 Å². The van der Waals surface area contributed by atoms with E-state index in [9.17, 15) is 9.18 Å². The number of nitrogens with one attached hydrogen (secondary N) is 1. The van der Waals surface area contributed by atoms with Gasteiger partial charge in [0, 0.05) is 15.1 Å². The SMILES string of the molecule is O=C(Nc1c(Br)cc(F)cc1Br)c1cc(Cn2cc(Cl)cn2)cs1. The summed E-state index contributed by atoms with van der Waals surface area (Å²) >= 11 is 13.7. The number of halogens is 4. The quantitative estimate of drug-likeness (QED) is 0.517. The fourth-order valence-corrected chi connectivity index (χ4v) is 4.31. The maximum atomic E-state index is 13.3. The highest BCUT2D eigenvalue weighted by atomic mass is 79.9. The Morgan fingerprint density at radius 2 is 2.04 bits per heavy atom. The van der Waals surface area contributed by atoms with E-state index in [2.05, 4.69) is 42.3 Å². The van der Waals surface area contributed by atoms with Crippen molar-refractivity contribution in [1.82, 2.24) is 9.78 Å². The maximum absolute atomic E-state index is 13.3. The van der Waals surface area contributed by atoms with Gasteiger partial charge >= 0.3 is 0 Å². The molecule has 4 nitrogen and oxygen atoms in total. The summed E-state index contributed by atoms with van der Waals surface area (Å²) in [6.45, 7) is 0.528. The van der Waals surface area contributed by atoms with Crippen molar-refractivity contribution >= 4 is 66.4 Å². The van der Waals surface area contributed by atoms with E-state index in [-0.39, 0.29) is 5.91 Å². The number of nitrogens with zero attached hydrogens (tertiary/aromatic N) is 2. The molecular weight excluding hydrogens is 485 g/mol. The van der Waals surface area contributed by atoms with E-state index in [1.165, 1.54) is 23.5 Å². The van der Waals surface area contributed by atoms with Gasteiger partial charge in [0.1, 0.15) is 5.82 Å². The van der Waals surface area contributed by atoms with Crippen LogP contribution in [0.4, 0.5) is 10.1 Å². The van der Waals surface area contributed by atoms with Gasteiger partial charge in [-0.25, -0.2) is 4.39 Å². The van der Waals surface area contributed by atoms with Gasteiger partial charge in [-0.2, -0.15) is 5.10 Å². The van der Waals surface area contributed by atoms with Crippen molar-refractivity contribution in [3.8, 4) is 0 Å². The Kier molecular flexibility index (Phi) is 5.39. The highest BCUT2D eigenvalue weighted by Crippen LogP contribution is 2.32. The van der Waals surface area contributed by atoms with Crippen LogP contribution in [0.5, 0.6) is 0 Å². The van der Waals surface area contributed by atoms with Gasteiger partial charge in [0.15, 0.2) is 0 Å². The maximum Gasteiger partial charge on any atom is 0.265 e. The fourth-order valence-electron chi connectivity index (χ4n) is 2.03. The first-order valence-corrected chi connectivity index (χ1v) is 9.48. The van der Waals surface area contributed by atoms with Gasteiger partial charge in [-0.3, -0.25) is 9.48 Å². The number of benzene rings is 1. The predicted octanol–water partition coefficient (Wildman–Crippen LogP) is 5.56.